The first-order valence-electron chi connectivity index (χ1n) is 5.78. The number of hydrogen-bond donors (Lipinski definition) is 0. The smallest absolute Gasteiger partial charge is 0.137 e. The summed E-state index contributed by atoms with van der Waals surface area (Å²) >= 11 is 6.05. The quantitative estimate of drug-likeness (QED) is 0.585. The van der Waals surface area contributed by atoms with Crippen molar-refractivity contribution in [2.24, 2.45) is 0 Å². The zero-order chi connectivity index (χ0) is 12.1. The van der Waals surface area contributed by atoms with Crippen LogP contribution in [0.1, 0.15) is 37.6 Å². The molecule has 90 valence electrons. The summed E-state index contributed by atoms with van der Waals surface area (Å²) in [7, 11) is 2.06. The Bertz CT molecular complexity index is 352. The van der Waals surface area contributed by atoms with Crippen LogP contribution in [0.3, 0.4) is 0 Å². The molecule has 0 amide bonds. The van der Waals surface area contributed by atoms with Gasteiger partial charge in [-0.05, 0) is 20.3 Å². The number of rotatable bonds is 5. The van der Waals surface area contributed by atoms with Crippen LogP contribution in [0.15, 0.2) is 0 Å². The molecule has 1 aromatic rings. The Labute approximate surface area is 103 Å². The van der Waals surface area contributed by atoms with Crippen molar-refractivity contribution in [2.45, 2.75) is 40.0 Å². The van der Waals surface area contributed by atoms with E-state index in [4.69, 9.17) is 11.6 Å². The van der Waals surface area contributed by atoms with Gasteiger partial charge in [0.1, 0.15) is 16.8 Å². The highest BCUT2D eigenvalue weighted by Crippen LogP contribution is 2.22. The third-order valence-corrected chi connectivity index (χ3v) is 3.00. The molecule has 16 heavy (non-hydrogen) atoms. The molecular weight excluding hydrogens is 222 g/mol. The molecule has 0 radical (unpaired) electrons. The monoisotopic (exact) mass is 241 g/mol. The van der Waals surface area contributed by atoms with Gasteiger partial charge in [-0.15, -0.1) is 0 Å². The number of anilines is 1. The first-order chi connectivity index (χ1) is 7.56. The lowest BCUT2D eigenvalue weighted by Gasteiger charge is -2.20. The van der Waals surface area contributed by atoms with Crippen molar-refractivity contribution in [2.75, 3.05) is 18.5 Å². The van der Waals surface area contributed by atoms with Crippen LogP contribution in [-0.4, -0.2) is 23.6 Å². The van der Waals surface area contributed by atoms with Gasteiger partial charge < -0.3 is 4.90 Å². The molecular formula is C12H20ClN3. The zero-order valence-electron chi connectivity index (χ0n) is 10.5. The molecule has 0 saturated carbocycles. The predicted molar refractivity (Wildman–Crippen MR) is 69.3 cm³/mol. The van der Waals surface area contributed by atoms with Gasteiger partial charge in [-0.25, -0.2) is 9.97 Å². The minimum absolute atomic E-state index is 0.560. The van der Waals surface area contributed by atoms with Gasteiger partial charge in [0.2, 0.25) is 0 Å². The van der Waals surface area contributed by atoms with E-state index < -0.39 is 0 Å². The van der Waals surface area contributed by atoms with Gasteiger partial charge in [-0.2, -0.15) is 0 Å². The minimum Gasteiger partial charge on any atom is -0.359 e. The number of unbranched alkanes of at least 4 members (excludes halogenated alkanes) is 2. The first kappa shape index (κ1) is 13.2. The summed E-state index contributed by atoms with van der Waals surface area (Å²) in [4.78, 5) is 10.7. The van der Waals surface area contributed by atoms with Crippen molar-refractivity contribution in [1.29, 1.82) is 0 Å². The molecule has 0 spiro atoms. The first-order valence-corrected chi connectivity index (χ1v) is 6.16. The van der Waals surface area contributed by atoms with E-state index in [-0.39, 0.29) is 0 Å². The van der Waals surface area contributed by atoms with Crippen LogP contribution in [-0.2, 0) is 0 Å². The fourth-order valence-corrected chi connectivity index (χ4v) is 1.86. The second-order valence-corrected chi connectivity index (χ2v) is 4.50. The average molecular weight is 242 g/mol. The molecule has 1 aromatic heterocycles. The molecule has 1 rings (SSSR count). The summed E-state index contributed by atoms with van der Waals surface area (Å²) in [6.07, 6.45) is 3.67. The number of halogens is 1. The lowest BCUT2D eigenvalue weighted by Crippen LogP contribution is -2.21. The summed E-state index contributed by atoms with van der Waals surface area (Å²) in [5, 5.41) is 0.560. The van der Waals surface area contributed by atoms with E-state index in [1.807, 2.05) is 13.8 Å². The summed E-state index contributed by atoms with van der Waals surface area (Å²) in [5.74, 6) is 1.68. The Morgan fingerprint density at radius 2 is 1.88 bits per heavy atom. The summed E-state index contributed by atoms with van der Waals surface area (Å²) < 4.78 is 0. The largest absolute Gasteiger partial charge is 0.359 e. The second-order valence-electron chi connectivity index (χ2n) is 4.14. The van der Waals surface area contributed by atoms with E-state index in [0.717, 1.165) is 23.8 Å². The van der Waals surface area contributed by atoms with Crippen LogP contribution in [0.2, 0.25) is 5.15 Å². The van der Waals surface area contributed by atoms with Gasteiger partial charge in [0, 0.05) is 19.2 Å². The van der Waals surface area contributed by atoms with Crippen LogP contribution >= 0.6 is 11.6 Å². The van der Waals surface area contributed by atoms with E-state index in [0.29, 0.717) is 5.15 Å². The molecule has 0 N–H and O–H groups in total. The molecule has 0 atom stereocenters. The van der Waals surface area contributed by atoms with Crippen molar-refractivity contribution in [1.82, 2.24) is 9.97 Å². The summed E-state index contributed by atoms with van der Waals surface area (Å²) in [5.41, 5.74) is 0.964. The Kier molecular flexibility index (Phi) is 5.00. The fraction of sp³-hybridized carbons (Fsp3) is 0.667. The van der Waals surface area contributed by atoms with Gasteiger partial charge in [-0.1, -0.05) is 31.4 Å². The maximum Gasteiger partial charge on any atom is 0.137 e. The number of aryl methyl sites for hydroxylation is 1. The lowest BCUT2D eigenvalue weighted by atomic mass is 10.2. The highest BCUT2D eigenvalue weighted by molar-refractivity contribution is 6.30. The summed E-state index contributed by atoms with van der Waals surface area (Å²) in [6, 6.07) is 0. The fourth-order valence-electron chi connectivity index (χ4n) is 1.66. The van der Waals surface area contributed by atoms with Crippen LogP contribution in [0.5, 0.6) is 0 Å². The minimum atomic E-state index is 0.560. The zero-order valence-corrected chi connectivity index (χ0v) is 11.3. The van der Waals surface area contributed by atoms with Crippen LogP contribution in [0, 0.1) is 13.8 Å². The molecule has 0 aliphatic rings. The van der Waals surface area contributed by atoms with E-state index in [2.05, 4.69) is 28.8 Å². The number of hydrogen-bond acceptors (Lipinski definition) is 3. The standard InChI is InChI=1S/C12H20ClN3/c1-5-6-7-8-16(4)12-9(2)11(13)14-10(3)15-12/h5-8H2,1-4H3. The van der Waals surface area contributed by atoms with E-state index in [9.17, 15) is 0 Å². The van der Waals surface area contributed by atoms with Crippen molar-refractivity contribution < 1.29 is 0 Å². The van der Waals surface area contributed by atoms with Gasteiger partial charge >= 0.3 is 0 Å². The SMILES string of the molecule is CCCCCN(C)c1nc(C)nc(Cl)c1C. The van der Waals surface area contributed by atoms with E-state index in [1.54, 1.807) is 0 Å². The molecule has 3 nitrogen and oxygen atoms in total. The van der Waals surface area contributed by atoms with E-state index >= 15 is 0 Å². The number of nitrogens with zero attached hydrogens (tertiary/aromatic N) is 3. The topological polar surface area (TPSA) is 29.0 Å². The highest BCUT2D eigenvalue weighted by atomic mass is 35.5. The highest BCUT2D eigenvalue weighted by Gasteiger charge is 2.10. The Morgan fingerprint density at radius 1 is 1.19 bits per heavy atom. The molecule has 0 unspecified atom stereocenters. The molecule has 0 bridgehead atoms. The van der Waals surface area contributed by atoms with Crippen molar-refractivity contribution >= 4 is 17.4 Å². The van der Waals surface area contributed by atoms with Crippen LogP contribution < -0.4 is 4.90 Å². The molecule has 0 aliphatic carbocycles. The number of aromatic nitrogens is 2. The van der Waals surface area contributed by atoms with E-state index in [1.165, 1.54) is 19.3 Å². The summed E-state index contributed by atoms with van der Waals surface area (Å²) in [6.45, 7) is 7.06. The Morgan fingerprint density at radius 3 is 2.50 bits per heavy atom. The normalized spacial score (nSPS) is 10.6. The van der Waals surface area contributed by atoms with Gasteiger partial charge in [0.15, 0.2) is 0 Å². The molecule has 0 fully saturated rings. The molecule has 1 heterocycles. The van der Waals surface area contributed by atoms with Gasteiger partial charge in [-0.3, -0.25) is 0 Å². The van der Waals surface area contributed by atoms with Crippen molar-refractivity contribution in [3.63, 3.8) is 0 Å². The molecule has 0 aliphatic heterocycles. The van der Waals surface area contributed by atoms with Gasteiger partial charge in [0.25, 0.3) is 0 Å². The Balaban J connectivity index is 2.78. The third kappa shape index (κ3) is 3.34. The maximum atomic E-state index is 6.05. The molecule has 0 aromatic carbocycles. The van der Waals surface area contributed by atoms with Gasteiger partial charge in [0.05, 0.1) is 0 Å². The molecule has 0 saturated heterocycles. The Hall–Kier alpha value is -0.830. The average Bonchev–Trinajstić information content (AvgIpc) is 2.23. The lowest BCUT2D eigenvalue weighted by molar-refractivity contribution is 0.698. The predicted octanol–water partition coefficient (Wildman–Crippen LogP) is 3.37. The van der Waals surface area contributed by atoms with Crippen LogP contribution in [0.4, 0.5) is 5.82 Å². The van der Waals surface area contributed by atoms with Crippen molar-refractivity contribution in [3.05, 3.63) is 16.5 Å². The second kappa shape index (κ2) is 6.04. The molecule has 4 heteroatoms. The maximum absolute atomic E-state index is 6.05. The third-order valence-electron chi connectivity index (χ3n) is 2.63. The van der Waals surface area contributed by atoms with Crippen LogP contribution in [0.25, 0.3) is 0 Å². The van der Waals surface area contributed by atoms with Crippen molar-refractivity contribution in [3.8, 4) is 0 Å².